The topological polar surface area (TPSA) is 80.8 Å². The van der Waals surface area contributed by atoms with Gasteiger partial charge in [-0.25, -0.2) is 9.48 Å². The first-order valence-electron chi connectivity index (χ1n) is 6.14. The molecule has 2 aromatic heterocycles. The molecule has 2 N–H and O–H groups in total. The fourth-order valence-electron chi connectivity index (χ4n) is 1.79. The molecule has 0 saturated heterocycles. The zero-order valence-electron chi connectivity index (χ0n) is 10.8. The molecule has 7 nitrogen and oxygen atoms in total. The van der Waals surface area contributed by atoms with Crippen LogP contribution in [0.2, 0.25) is 0 Å². The van der Waals surface area contributed by atoms with Gasteiger partial charge in [-0.15, -0.1) is 5.10 Å². The minimum atomic E-state index is -0.667. The van der Waals surface area contributed by atoms with Gasteiger partial charge in [0.15, 0.2) is 5.65 Å². The first-order valence-corrected chi connectivity index (χ1v) is 6.14. The van der Waals surface area contributed by atoms with Crippen LogP contribution in [-0.2, 0) is 11.3 Å². The molecule has 2 aromatic rings. The number of fused-ring (bicyclic) bond motifs is 1. The van der Waals surface area contributed by atoms with Crippen LogP contribution in [0.4, 0.5) is 0 Å². The van der Waals surface area contributed by atoms with E-state index in [9.17, 15) is 9.90 Å². The molecule has 0 amide bonds. The predicted octanol–water partition coefficient (Wildman–Crippen LogP) is -0.907. The van der Waals surface area contributed by atoms with Crippen LogP contribution in [0.3, 0.4) is 0 Å². The van der Waals surface area contributed by atoms with Crippen LogP contribution < -0.4 is 11.0 Å². The molecule has 0 aliphatic carbocycles. The van der Waals surface area contributed by atoms with Crippen LogP contribution in [0.25, 0.3) is 5.65 Å². The average Bonchev–Trinajstić information content (AvgIpc) is 2.72. The molecular weight excluding hydrogens is 248 g/mol. The Morgan fingerprint density at radius 3 is 3.11 bits per heavy atom. The summed E-state index contributed by atoms with van der Waals surface area (Å²) < 4.78 is 7.61. The van der Waals surface area contributed by atoms with Gasteiger partial charge in [-0.2, -0.15) is 0 Å². The first-order chi connectivity index (χ1) is 9.22. The lowest BCUT2D eigenvalue weighted by molar-refractivity contribution is 0.139. The Morgan fingerprint density at radius 2 is 2.37 bits per heavy atom. The van der Waals surface area contributed by atoms with Crippen molar-refractivity contribution in [2.24, 2.45) is 0 Å². The molecule has 1 atom stereocenters. The maximum Gasteiger partial charge on any atom is 0.350 e. The van der Waals surface area contributed by atoms with Gasteiger partial charge >= 0.3 is 5.69 Å². The Balaban J connectivity index is 1.97. The molecule has 0 aliphatic heterocycles. The number of nitrogens with one attached hydrogen (secondary N) is 1. The van der Waals surface area contributed by atoms with Crippen molar-refractivity contribution in [3.05, 3.63) is 34.9 Å². The summed E-state index contributed by atoms with van der Waals surface area (Å²) in [6, 6.07) is 5.33. The van der Waals surface area contributed by atoms with E-state index in [0.717, 1.165) is 0 Å². The van der Waals surface area contributed by atoms with Crippen molar-refractivity contribution in [2.45, 2.75) is 12.6 Å². The lowest BCUT2D eigenvalue weighted by Gasteiger charge is -2.10. The molecule has 1 unspecified atom stereocenters. The number of rotatable bonds is 7. The molecule has 19 heavy (non-hydrogen) atoms. The second-order valence-corrected chi connectivity index (χ2v) is 4.24. The van der Waals surface area contributed by atoms with E-state index in [4.69, 9.17) is 4.74 Å². The van der Waals surface area contributed by atoms with Gasteiger partial charge in [-0.1, -0.05) is 6.07 Å². The van der Waals surface area contributed by atoms with E-state index in [2.05, 4.69) is 10.4 Å². The van der Waals surface area contributed by atoms with Gasteiger partial charge in [0.25, 0.3) is 0 Å². The quantitative estimate of drug-likeness (QED) is 0.634. The molecule has 7 heteroatoms. The third kappa shape index (κ3) is 3.40. The third-order valence-electron chi connectivity index (χ3n) is 2.74. The summed E-state index contributed by atoms with van der Waals surface area (Å²) in [4.78, 5) is 12.0. The zero-order valence-corrected chi connectivity index (χ0v) is 10.8. The Hall–Kier alpha value is -1.70. The van der Waals surface area contributed by atoms with Gasteiger partial charge in [-0.3, -0.25) is 4.40 Å². The van der Waals surface area contributed by atoms with E-state index in [1.54, 1.807) is 25.4 Å². The van der Waals surface area contributed by atoms with Crippen molar-refractivity contribution < 1.29 is 9.84 Å². The fourth-order valence-corrected chi connectivity index (χ4v) is 1.79. The molecule has 0 spiro atoms. The maximum atomic E-state index is 12.0. The smallest absolute Gasteiger partial charge is 0.350 e. The monoisotopic (exact) mass is 266 g/mol. The standard InChI is InChI=1S/C12H18N4O3/c1-19-7-5-13-8-10(17)9-16-12(18)15-6-3-2-4-11(15)14-16/h2-4,6,10,13,17H,5,7-9H2,1H3. The van der Waals surface area contributed by atoms with Gasteiger partial charge in [-0.05, 0) is 12.1 Å². The van der Waals surface area contributed by atoms with Crippen LogP contribution in [0.1, 0.15) is 0 Å². The lowest BCUT2D eigenvalue weighted by Crippen LogP contribution is -2.35. The normalized spacial score (nSPS) is 12.9. The van der Waals surface area contributed by atoms with Gasteiger partial charge in [0.05, 0.1) is 19.3 Å². The van der Waals surface area contributed by atoms with Crippen molar-refractivity contribution in [1.29, 1.82) is 0 Å². The molecule has 0 radical (unpaired) electrons. The average molecular weight is 266 g/mol. The zero-order chi connectivity index (χ0) is 13.7. The Kier molecular flexibility index (Phi) is 4.67. The van der Waals surface area contributed by atoms with Gasteiger partial charge < -0.3 is 15.2 Å². The number of ether oxygens (including phenoxy) is 1. The molecular formula is C12H18N4O3. The highest BCUT2D eigenvalue weighted by Crippen LogP contribution is 1.96. The highest BCUT2D eigenvalue weighted by Gasteiger charge is 2.10. The SMILES string of the molecule is COCCNCC(O)Cn1nc2ccccn2c1=O. The summed E-state index contributed by atoms with van der Waals surface area (Å²) in [5.74, 6) is 0. The van der Waals surface area contributed by atoms with Crippen molar-refractivity contribution in [3.63, 3.8) is 0 Å². The molecule has 0 fully saturated rings. The van der Waals surface area contributed by atoms with Crippen LogP contribution in [0.15, 0.2) is 29.2 Å². The molecule has 0 aromatic carbocycles. The summed E-state index contributed by atoms with van der Waals surface area (Å²) >= 11 is 0. The number of methoxy groups -OCH3 is 1. The van der Waals surface area contributed by atoms with Gasteiger partial charge in [0.1, 0.15) is 0 Å². The molecule has 0 bridgehead atoms. The van der Waals surface area contributed by atoms with Crippen molar-refractivity contribution in [2.75, 3.05) is 26.8 Å². The minimum Gasteiger partial charge on any atom is -0.390 e. The van der Waals surface area contributed by atoms with Gasteiger partial charge in [0.2, 0.25) is 0 Å². The predicted molar refractivity (Wildman–Crippen MR) is 70.2 cm³/mol. The molecule has 0 aliphatic rings. The Labute approximate surface area is 110 Å². The number of aromatic nitrogens is 3. The van der Waals surface area contributed by atoms with E-state index < -0.39 is 6.10 Å². The first kappa shape index (κ1) is 13.7. The lowest BCUT2D eigenvalue weighted by atomic mass is 10.3. The largest absolute Gasteiger partial charge is 0.390 e. The van der Waals surface area contributed by atoms with E-state index in [1.165, 1.54) is 9.08 Å². The van der Waals surface area contributed by atoms with Crippen molar-refractivity contribution in [1.82, 2.24) is 19.5 Å². The molecule has 2 heterocycles. The number of hydrogen-bond acceptors (Lipinski definition) is 5. The van der Waals surface area contributed by atoms with E-state index in [-0.39, 0.29) is 12.2 Å². The number of nitrogens with zero attached hydrogens (tertiary/aromatic N) is 3. The van der Waals surface area contributed by atoms with E-state index in [1.807, 2.05) is 6.07 Å². The summed E-state index contributed by atoms with van der Waals surface area (Å²) in [6.45, 7) is 1.80. The summed E-state index contributed by atoms with van der Waals surface area (Å²) in [6.07, 6.45) is 0.990. The second kappa shape index (κ2) is 6.46. The fraction of sp³-hybridized carbons (Fsp3) is 0.500. The van der Waals surface area contributed by atoms with Crippen LogP contribution in [0.5, 0.6) is 0 Å². The van der Waals surface area contributed by atoms with Crippen LogP contribution in [0, 0.1) is 0 Å². The maximum absolute atomic E-state index is 12.0. The number of aliphatic hydroxyl groups is 1. The van der Waals surface area contributed by atoms with E-state index >= 15 is 0 Å². The number of pyridine rings is 1. The molecule has 0 saturated carbocycles. The number of aliphatic hydroxyl groups excluding tert-OH is 1. The van der Waals surface area contributed by atoms with Crippen LogP contribution >= 0.6 is 0 Å². The highest BCUT2D eigenvalue weighted by molar-refractivity contribution is 5.35. The molecule has 104 valence electrons. The highest BCUT2D eigenvalue weighted by atomic mass is 16.5. The van der Waals surface area contributed by atoms with Crippen LogP contribution in [-0.4, -0.2) is 52.2 Å². The van der Waals surface area contributed by atoms with Crippen molar-refractivity contribution >= 4 is 5.65 Å². The van der Waals surface area contributed by atoms with E-state index in [0.29, 0.717) is 25.3 Å². The third-order valence-corrected chi connectivity index (χ3v) is 2.74. The second-order valence-electron chi connectivity index (χ2n) is 4.24. The van der Waals surface area contributed by atoms with Gasteiger partial charge in [0, 0.05) is 26.4 Å². The number of hydrogen-bond donors (Lipinski definition) is 2. The Bertz CT molecular complexity index is 578. The van der Waals surface area contributed by atoms with Crippen molar-refractivity contribution in [3.8, 4) is 0 Å². The molecule has 2 rings (SSSR count). The summed E-state index contributed by atoms with van der Waals surface area (Å²) in [5.41, 5.74) is 0.332. The summed E-state index contributed by atoms with van der Waals surface area (Å²) in [7, 11) is 1.62. The minimum absolute atomic E-state index is 0.167. The summed E-state index contributed by atoms with van der Waals surface area (Å²) in [5, 5.41) is 17.0. The Morgan fingerprint density at radius 1 is 1.53 bits per heavy atom.